The molecule has 1 amide bonds. The number of para-hydroxylation sites is 1. The maximum absolute atomic E-state index is 12.5. The molecule has 0 aromatic heterocycles. The molecule has 1 saturated heterocycles. The topological polar surface area (TPSA) is 23.6 Å². The van der Waals surface area contributed by atoms with Crippen molar-refractivity contribution >= 4 is 11.6 Å². The Bertz CT molecular complexity index is 574. The number of hydrazine groups is 1. The van der Waals surface area contributed by atoms with Gasteiger partial charge in [0, 0.05) is 12.0 Å². The van der Waals surface area contributed by atoms with E-state index in [0.717, 1.165) is 5.69 Å². The van der Waals surface area contributed by atoms with E-state index in [1.165, 1.54) is 37.7 Å². The minimum absolute atomic E-state index is 0.0712. The monoisotopic (exact) mass is 284 g/mol. The van der Waals surface area contributed by atoms with Crippen LogP contribution in [0.25, 0.3) is 0 Å². The van der Waals surface area contributed by atoms with Gasteiger partial charge in [0.15, 0.2) is 0 Å². The first kappa shape index (κ1) is 13.3. The van der Waals surface area contributed by atoms with Crippen molar-refractivity contribution in [3.63, 3.8) is 0 Å². The molecule has 2 aliphatic heterocycles. The highest BCUT2D eigenvalue weighted by Gasteiger charge is 2.54. The van der Waals surface area contributed by atoms with E-state index in [2.05, 4.69) is 43.1 Å². The fourth-order valence-electron chi connectivity index (χ4n) is 4.63. The van der Waals surface area contributed by atoms with Gasteiger partial charge >= 0.3 is 0 Å². The Labute approximate surface area is 126 Å². The molecule has 1 unspecified atom stereocenters. The van der Waals surface area contributed by atoms with Crippen LogP contribution in [0.4, 0.5) is 5.69 Å². The van der Waals surface area contributed by atoms with E-state index in [-0.39, 0.29) is 11.4 Å². The number of rotatable bonds is 1. The zero-order valence-corrected chi connectivity index (χ0v) is 13.0. The standard InChI is InChI=1S/C18H24N2O/c1-18(2)12-16(21)19-15-11-7-6-10-14(15)17(20(18)19)13-8-4-3-5-9-13/h6-7,10-11,13,17H,3-5,8-9,12H2,1-2H3. The Balaban J connectivity index is 1.82. The highest BCUT2D eigenvalue weighted by Crippen LogP contribution is 2.53. The molecule has 1 aromatic carbocycles. The molecule has 1 aliphatic carbocycles. The molecular weight excluding hydrogens is 260 g/mol. The van der Waals surface area contributed by atoms with Crippen LogP contribution in [0.2, 0.25) is 0 Å². The lowest BCUT2D eigenvalue weighted by molar-refractivity contribution is -0.118. The normalized spacial score (nSPS) is 28.8. The first-order chi connectivity index (χ1) is 10.1. The van der Waals surface area contributed by atoms with E-state index in [1.807, 2.05) is 5.01 Å². The Morgan fingerprint density at radius 2 is 1.81 bits per heavy atom. The van der Waals surface area contributed by atoms with Crippen LogP contribution in [-0.2, 0) is 4.79 Å². The molecule has 112 valence electrons. The molecular formula is C18H24N2O. The number of nitrogens with zero attached hydrogens (tertiary/aromatic N) is 2. The van der Waals surface area contributed by atoms with Crippen LogP contribution < -0.4 is 5.01 Å². The number of hydrogen-bond donors (Lipinski definition) is 0. The summed E-state index contributed by atoms with van der Waals surface area (Å²) in [5.74, 6) is 0.945. The largest absolute Gasteiger partial charge is 0.273 e. The van der Waals surface area contributed by atoms with Gasteiger partial charge in [0.25, 0.3) is 0 Å². The molecule has 2 fully saturated rings. The van der Waals surface area contributed by atoms with Gasteiger partial charge in [-0.05, 0) is 44.2 Å². The van der Waals surface area contributed by atoms with Crippen LogP contribution in [-0.4, -0.2) is 16.5 Å². The SMILES string of the molecule is CC1(C)CC(=O)N2c3ccccc3C(C3CCCCC3)N21. The molecule has 0 bridgehead atoms. The van der Waals surface area contributed by atoms with Crippen LogP contribution in [0.15, 0.2) is 24.3 Å². The third kappa shape index (κ3) is 1.87. The fraction of sp³-hybridized carbons (Fsp3) is 0.611. The van der Waals surface area contributed by atoms with Crippen molar-refractivity contribution < 1.29 is 4.79 Å². The van der Waals surface area contributed by atoms with Crippen molar-refractivity contribution in [2.75, 3.05) is 5.01 Å². The minimum atomic E-state index is -0.0712. The molecule has 3 heteroatoms. The molecule has 4 rings (SSSR count). The van der Waals surface area contributed by atoms with Gasteiger partial charge in [-0.2, -0.15) is 5.01 Å². The molecule has 0 radical (unpaired) electrons. The number of carbonyl (C=O) groups is 1. The van der Waals surface area contributed by atoms with Crippen LogP contribution in [0.1, 0.15) is 64.0 Å². The molecule has 0 spiro atoms. The molecule has 3 aliphatic rings. The van der Waals surface area contributed by atoms with Gasteiger partial charge in [0.1, 0.15) is 0 Å². The predicted molar refractivity (Wildman–Crippen MR) is 83.8 cm³/mol. The first-order valence-corrected chi connectivity index (χ1v) is 8.31. The molecule has 1 atom stereocenters. The van der Waals surface area contributed by atoms with Gasteiger partial charge < -0.3 is 0 Å². The molecule has 3 nitrogen and oxygen atoms in total. The second-order valence-electron chi connectivity index (χ2n) is 7.44. The molecule has 1 saturated carbocycles. The second-order valence-corrected chi connectivity index (χ2v) is 7.44. The van der Waals surface area contributed by atoms with E-state index >= 15 is 0 Å². The summed E-state index contributed by atoms with van der Waals surface area (Å²) >= 11 is 0. The van der Waals surface area contributed by atoms with Crippen molar-refractivity contribution in [1.82, 2.24) is 5.01 Å². The summed E-state index contributed by atoms with van der Waals surface area (Å²) in [5, 5.41) is 4.38. The maximum atomic E-state index is 12.5. The lowest BCUT2D eigenvalue weighted by Crippen LogP contribution is -2.47. The van der Waals surface area contributed by atoms with Crippen molar-refractivity contribution in [2.45, 2.75) is 64.0 Å². The van der Waals surface area contributed by atoms with Gasteiger partial charge in [0.05, 0.1) is 11.7 Å². The highest BCUT2D eigenvalue weighted by atomic mass is 16.2. The van der Waals surface area contributed by atoms with Crippen molar-refractivity contribution in [3.8, 4) is 0 Å². The third-order valence-corrected chi connectivity index (χ3v) is 5.50. The van der Waals surface area contributed by atoms with Gasteiger partial charge in [-0.15, -0.1) is 0 Å². The molecule has 21 heavy (non-hydrogen) atoms. The fourth-order valence-corrected chi connectivity index (χ4v) is 4.63. The van der Waals surface area contributed by atoms with Crippen molar-refractivity contribution in [1.29, 1.82) is 0 Å². The summed E-state index contributed by atoms with van der Waals surface area (Å²) in [6, 6.07) is 8.91. The average Bonchev–Trinajstić information content (AvgIpc) is 2.94. The van der Waals surface area contributed by atoms with E-state index in [9.17, 15) is 4.79 Å². The summed E-state index contributed by atoms with van der Waals surface area (Å²) in [7, 11) is 0. The van der Waals surface area contributed by atoms with Crippen molar-refractivity contribution in [3.05, 3.63) is 29.8 Å². The first-order valence-electron chi connectivity index (χ1n) is 8.31. The Morgan fingerprint density at radius 1 is 1.10 bits per heavy atom. The smallest absolute Gasteiger partial charge is 0.243 e. The summed E-state index contributed by atoms with van der Waals surface area (Å²) in [6.45, 7) is 4.43. The van der Waals surface area contributed by atoms with Crippen LogP contribution >= 0.6 is 0 Å². The highest BCUT2D eigenvalue weighted by molar-refractivity contribution is 5.97. The number of hydrogen-bond acceptors (Lipinski definition) is 2. The number of fused-ring (bicyclic) bond motifs is 3. The van der Waals surface area contributed by atoms with E-state index in [1.54, 1.807) is 0 Å². The van der Waals surface area contributed by atoms with E-state index < -0.39 is 0 Å². The zero-order chi connectivity index (χ0) is 14.6. The molecule has 0 N–H and O–H groups in total. The van der Waals surface area contributed by atoms with Gasteiger partial charge in [0.2, 0.25) is 5.91 Å². The minimum Gasteiger partial charge on any atom is -0.273 e. The summed E-state index contributed by atoms with van der Waals surface area (Å²) in [6.07, 6.45) is 7.28. The quantitative estimate of drug-likeness (QED) is 0.776. The van der Waals surface area contributed by atoms with E-state index in [4.69, 9.17) is 0 Å². The average molecular weight is 284 g/mol. The van der Waals surface area contributed by atoms with Crippen LogP contribution in [0.3, 0.4) is 0 Å². The predicted octanol–water partition coefficient (Wildman–Crippen LogP) is 4.05. The van der Waals surface area contributed by atoms with Crippen LogP contribution in [0, 0.1) is 5.92 Å². The van der Waals surface area contributed by atoms with Gasteiger partial charge in [-0.1, -0.05) is 37.5 Å². The third-order valence-electron chi connectivity index (χ3n) is 5.50. The Kier molecular flexibility index (Phi) is 2.90. The Hall–Kier alpha value is -1.35. The molecule has 2 heterocycles. The number of amides is 1. The van der Waals surface area contributed by atoms with E-state index in [0.29, 0.717) is 18.4 Å². The maximum Gasteiger partial charge on any atom is 0.243 e. The van der Waals surface area contributed by atoms with Crippen LogP contribution in [0.5, 0.6) is 0 Å². The molecule has 1 aromatic rings. The number of carbonyl (C=O) groups excluding carboxylic acids is 1. The summed E-state index contributed by atoms with van der Waals surface area (Å²) in [4.78, 5) is 12.5. The number of benzene rings is 1. The van der Waals surface area contributed by atoms with Gasteiger partial charge in [-0.3, -0.25) is 4.79 Å². The lowest BCUT2D eigenvalue weighted by Gasteiger charge is -2.40. The lowest BCUT2D eigenvalue weighted by atomic mass is 9.80. The summed E-state index contributed by atoms with van der Waals surface area (Å²) < 4.78 is 0. The summed E-state index contributed by atoms with van der Waals surface area (Å²) in [5.41, 5.74) is 2.42. The Morgan fingerprint density at radius 3 is 2.57 bits per heavy atom. The number of anilines is 1. The zero-order valence-electron chi connectivity index (χ0n) is 13.0. The second kappa shape index (κ2) is 4.57. The van der Waals surface area contributed by atoms with Crippen molar-refractivity contribution in [2.24, 2.45) is 5.92 Å². The van der Waals surface area contributed by atoms with Gasteiger partial charge in [-0.25, -0.2) is 5.01 Å².